The Hall–Kier alpha value is -0.113. The zero-order valence-corrected chi connectivity index (χ0v) is 23.5. The van der Waals surface area contributed by atoms with Gasteiger partial charge in [-0.1, -0.05) is 20.8 Å². The maximum atomic E-state index is 13.6. The number of amides is 1. The van der Waals surface area contributed by atoms with Crippen molar-refractivity contribution in [1.29, 1.82) is 0 Å². The molecular weight excluding hydrogens is 546 g/mol. The first-order chi connectivity index (χ1) is 13.5. The summed E-state index contributed by atoms with van der Waals surface area (Å²) < 4.78 is 59.0. The van der Waals surface area contributed by atoms with E-state index in [4.69, 9.17) is 13.9 Å². The number of carbonyl (C=O) groups is 1. The van der Waals surface area contributed by atoms with E-state index in [1.807, 2.05) is 33.9 Å². The van der Waals surface area contributed by atoms with Gasteiger partial charge in [-0.25, -0.2) is 7.91 Å². The molecule has 0 aromatic heterocycles. The molecule has 0 saturated carbocycles. The van der Waals surface area contributed by atoms with Crippen LogP contribution in [0.15, 0.2) is 0 Å². The average molecular weight is 586 g/mol. The Morgan fingerprint density at radius 3 is 1.90 bits per heavy atom. The number of ether oxygens (including phenoxy) is 2. The van der Waals surface area contributed by atoms with E-state index in [0.29, 0.717) is 0 Å². The summed E-state index contributed by atoms with van der Waals surface area (Å²) in [6, 6.07) is 0. The summed E-state index contributed by atoms with van der Waals surface area (Å²) in [7, 11) is -2.54. The molecule has 0 spiro atoms. The summed E-state index contributed by atoms with van der Waals surface area (Å²) in [5.41, 5.74) is -1.82. The van der Waals surface area contributed by atoms with Gasteiger partial charge in [-0.2, -0.15) is 13.2 Å². The maximum absolute atomic E-state index is 13.6. The summed E-state index contributed by atoms with van der Waals surface area (Å²) in [6.07, 6.45) is -6.57. The molecule has 11 heteroatoms. The van der Waals surface area contributed by atoms with E-state index in [9.17, 15) is 23.1 Å². The topological polar surface area (TPSA) is 68.2 Å². The first-order valence-corrected chi connectivity index (χ1v) is 14.1. The molecule has 0 fully saturated rings. The molecule has 0 aliphatic rings. The lowest BCUT2D eigenvalue weighted by Crippen LogP contribution is -2.50. The second kappa shape index (κ2) is 10.9. The second-order valence-corrected chi connectivity index (χ2v) is 16.3. The number of aliphatic hydroxyl groups is 1. The van der Waals surface area contributed by atoms with Crippen molar-refractivity contribution in [3.05, 3.63) is 0 Å². The lowest BCUT2D eigenvalue weighted by Gasteiger charge is -2.42. The Kier molecular flexibility index (Phi) is 10.8. The molecule has 0 aromatic carbocycles. The maximum Gasteiger partial charge on any atom is 0.421 e. The largest absolute Gasteiger partial charge is 0.443 e. The van der Waals surface area contributed by atoms with Gasteiger partial charge < -0.3 is 19.0 Å². The van der Waals surface area contributed by atoms with Crippen LogP contribution in [0.25, 0.3) is 0 Å². The molecule has 6 nitrogen and oxygen atoms in total. The number of halogens is 4. The van der Waals surface area contributed by atoms with Crippen molar-refractivity contribution in [3.63, 3.8) is 0 Å². The normalized spacial score (nSPS) is 16.1. The molecule has 0 rings (SSSR count). The smallest absolute Gasteiger partial charge is 0.421 e. The van der Waals surface area contributed by atoms with Gasteiger partial charge >= 0.3 is 12.3 Å². The van der Waals surface area contributed by atoms with Crippen molar-refractivity contribution in [2.45, 2.75) is 104 Å². The van der Waals surface area contributed by atoms with Crippen LogP contribution < -0.4 is 0 Å². The fraction of sp³-hybridized carbons (Fsp3) is 0.950. The van der Waals surface area contributed by atoms with Crippen LogP contribution >= 0.6 is 22.9 Å². The predicted molar refractivity (Wildman–Crippen MR) is 125 cm³/mol. The lowest BCUT2D eigenvalue weighted by molar-refractivity contribution is -0.210. The van der Waals surface area contributed by atoms with Crippen LogP contribution in [0, 0.1) is 5.92 Å². The molecule has 31 heavy (non-hydrogen) atoms. The molecule has 0 radical (unpaired) electrons. The summed E-state index contributed by atoms with van der Waals surface area (Å²) in [5.74, 6) is -2.02. The predicted octanol–water partition coefficient (Wildman–Crippen LogP) is 6.28. The van der Waals surface area contributed by atoms with Gasteiger partial charge in [0.05, 0.1) is 42.2 Å². The zero-order valence-electron chi connectivity index (χ0n) is 20.3. The van der Waals surface area contributed by atoms with Crippen molar-refractivity contribution >= 4 is 37.3 Å². The van der Waals surface area contributed by atoms with Gasteiger partial charge in [0.2, 0.25) is 0 Å². The number of rotatable bonds is 9. The van der Waals surface area contributed by atoms with Crippen molar-refractivity contribution in [3.8, 4) is 0 Å². The van der Waals surface area contributed by atoms with Crippen LogP contribution in [0.4, 0.5) is 18.0 Å². The highest BCUT2D eigenvalue weighted by atomic mass is 127. The molecule has 0 heterocycles. The van der Waals surface area contributed by atoms with Gasteiger partial charge in [0.1, 0.15) is 17.2 Å². The molecule has 186 valence electrons. The monoisotopic (exact) mass is 585 g/mol. The number of alkyl halides is 3. The average Bonchev–Trinajstić information content (AvgIpc) is 2.49. The van der Waals surface area contributed by atoms with Gasteiger partial charge in [-0.15, -0.1) is 0 Å². The van der Waals surface area contributed by atoms with E-state index in [1.54, 1.807) is 57.5 Å². The van der Waals surface area contributed by atoms with Gasteiger partial charge in [0.25, 0.3) is 0 Å². The Morgan fingerprint density at radius 2 is 1.55 bits per heavy atom. The van der Waals surface area contributed by atoms with Crippen molar-refractivity contribution in [2.24, 2.45) is 5.92 Å². The fourth-order valence-electron chi connectivity index (χ4n) is 2.33. The molecule has 0 aliphatic heterocycles. The molecular formula is C20H39F3INO5Si. The molecule has 0 saturated heterocycles. The highest BCUT2D eigenvalue weighted by molar-refractivity contribution is 14.1. The van der Waals surface area contributed by atoms with Gasteiger partial charge in [-0.3, -0.25) is 0 Å². The lowest BCUT2D eigenvalue weighted by atomic mass is 10.0. The highest BCUT2D eigenvalue weighted by Crippen LogP contribution is 2.41. The van der Waals surface area contributed by atoms with E-state index < -0.39 is 50.5 Å². The number of hydrogen-bond acceptors (Lipinski definition) is 5. The first-order valence-electron chi connectivity index (χ1n) is 10.2. The van der Waals surface area contributed by atoms with Crippen LogP contribution in [0.2, 0.25) is 18.1 Å². The number of carbonyl (C=O) groups excluding carboxylic acids is 1. The third-order valence-corrected chi connectivity index (χ3v) is 11.3. The highest BCUT2D eigenvalue weighted by Gasteiger charge is 2.48. The van der Waals surface area contributed by atoms with Crippen LogP contribution in [-0.4, -0.2) is 59.5 Å². The van der Waals surface area contributed by atoms with Crippen LogP contribution in [0.3, 0.4) is 0 Å². The van der Waals surface area contributed by atoms with E-state index in [2.05, 4.69) is 0 Å². The second-order valence-electron chi connectivity index (χ2n) is 10.6. The van der Waals surface area contributed by atoms with Gasteiger partial charge in [0.15, 0.2) is 8.32 Å². The summed E-state index contributed by atoms with van der Waals surface area (Å²) in [5, 5.41) is 9.17. The van der Waals surface area contributed by atoms with Crippen molar-refractivity contribution in [1.82, 2.24) is 3.11 Å². The first kappa shape index (κ1) is 30.9. The minimum absolute atomic E-state index is 0.0839. The van der Waals surface area contributed by atoms with Gasteiger partial charge in [0, 0.05) is 0 Å². The minimum atomic E-state index is -4.61. The summed E-state index contributed by atoms with van der Waals surface area (Å²) in [4.78, 5) is 12.3. The molecule has 0 aliphatic carbocycles. The van der Waals surface area contributed by atoms with E-state index in [0.717, 1.165) is 0 Å². The third-order valence-electron chi connectivity index (χ3n) is 5.20. The molecule has 0 unspecified atom stereocenters. The molecule has 0 bridgehead atoms. The summed E-state index contributed by atoms with van der Waals surface area (Å²) in [6.45, 7) is 16.8. The van der Waals surface area contributed by atoms with E-state index >= 15 is 0 Å². The molecule has 2 atom stereocenters. The van der Waals surface area contributed by atoms with Crippen LogP contribution in [0.1, 0.15) is 61.8 Å². The number of hydrogen-bond donors (Lipinski definition) is 1. The number of nitrogens with zero attached hydrogens (tertiary/aromatic N) is 1. The van der Waals surface area contributed by atoms with E-state index in [1.165, 1.54) is 3.11 Å². The molecule has 1 amide bonds. The van der Waals surface area contributed by atoms with Gasteiger partial charge in [-0.05, 0) is 59.2 Å². The standard InChI is InChI=1S/C20H39F3INO5Si/c1-17(2,3)29-16(27)25(24)19(7,8)28-12-11-15(14(13-26)20(21,22)23)30-31(9,10)18(4,5)6/h14-15,26H,11-13H2,1-10H3/t14-,15-/m0/s1. The SMILES string of the molecule is CC(C)(C)OC(=O)N(I)C(C)(C)OCC[C@H](O[Si](C)(C)C(C)(C)C)[C@H](CO)C(F)(F)F. The quantitative estimate of drug-likeness (QED) is 0.149. The number of aliphatic hydroxyl groups excluding tert-OH is 1. The van der Waals surface area contributed by atoms with Crippen LogP contribution in [-0.2, 0) is 13.9 Å². The minimum Gasteiger partial charge on any atom is -0.443 e. The Morgan fingerprint density at radius 1 is 1.06 bits per heavy atom. The third kappa shape index (κ3) is 10.1. The fourth-order valence-corrected chi connectivity index (χ4v) is 3.96. The van der Waals surface area contributed by atoms with Crippen molar-refractivity contribution < 1.29 is 37.0 Å². The Balaban J connectivity index is 5.40. The molecule has 1 N–H and O–H groups in total. The van der Waals surface area contributed by atoms with Crippen molar-refractivity contribution in [2.75, 3.05) is 13.2 Å². The Bertz CT molecular complexity index is 589. The zero-order chi connectivity index (χ0) is 25.1. The Labute approximate surface area is 199 Å². The van der Waals surface area contributed by atoms with E-state index in [-0.39, 0.29) is 18.1 Å². The van der Waals surface area contributed by atoms with Crippen LogP contribution in [0.5, 0.6) is 0 Å². The summed E-state index contributed by atoms with van der Waals surface area (Å²) >= 11 is 1.76. The molecule has 0 aromatic rings.